The second-order valence-corrected chi connectivity index (χ2v) is 3.45. The third-order valence-corrected chi connectivity index (χ3v) is 2.17. The molecule has 1 rings (SSSR count). The van der Waals surface area contributed by atoms with Crippen LogP contribution in [0.3, 0.4) is 0 Å². The molecule has 0 aliphatic heterocycles. The number of hydrogen-bond acceptors (Lipinski definition) is 4. The minimum atomic E-state index is -0.711. The van der Waals surface area contributed by atoms with Gasteiger partial charge in [0.1, 0.15) is 5.75 Å². The van der Waals surface area contributed by atoms with E-state index in [2.05, 4.69) is 5.32 Å². The standard InChI is InChI=1S/C11H15N3O4/c1-18-9-4-2-3-8(7-9)10(15)14(17)6-5-13-11(12)16/h2-4,7,17H,5-6H2,1H3,(H3,12,13,16). The molecular weight excluding hydrogens is 238 g/mol. The summed E-state index contributed by atoms with van der Waals surface area (Å²) in [6.07, 6.45) is 0. The molecular formula is C11H15N3O4. The maximum Gasteiger partial charge on any atom is 0.312 e. The van der Waals surface area contributed by atoms with Crippen molar-refractivity contribution >= 4 is 11.9 Å². The van der Waals surface area contributed by atoms with Gasteiger partial charge < -0.3 is 15.8 Å². The van der Waals surface area contributed by atoms with Crippen LogP contribution < -0.4 is 15.8 Å². The highest BCUT2D eigenvalue weighted by atomic mass is 16.5. The van der Waals surface area contributed by atoms with Crippen LogP contribution in [0, 0.1) is 0 Å². The van der Waals surface area contributed by atoms with Crippen LogP contribution in [0.1, 0.15) is 10.4 Å². The van der Waals surface area contributed by atoms with Crippen molar-refractivity contribution in [3.8, 4) is 5.75 Å². The van der Waals surface area contributed by atoms with Crippen molar-refractivity contribution in [2.45, 2.75) is 0 Å². The van der Waals surface area contributed by atoms with Gasteiger partial charge in [0.05, 0.1) is 13.7 Å². The third kappa shape index (κ3) is 3.95. The lowest BCUT2D eigenvalue weighted by atomic mass is 10.2. The highest BCUT2D eigenvalue weighted by Crippen LogP contribution is 2.13. The Bertz CT molecular complexity index is 436. The summed E-state index contributed by atoms with van der Waals surface area (Å²) in [5.41, 5.74) is 5.14. The smallest absolute Gasteiger partial charge is 0.312 e. The van der Waals surface area contributed by atoms with Gasteiger partial charge in [0.15, 0.2) is 0 Å². The van der Waals surface area contributed by atoms with Crippen molar-refractivity contribution in [3.05, 3.63) is 29.8 Å². The second-order valence-electron chi connectivity index (χ2n) is 3.45. The molecule has 4 N–H and O–H groups in total. The molecule has 0 heterocycles. The minimum Gasteiger partial charge on any atom is -0.497 e. The number of hydroxylamine groups is 2. The molecule has 98 valence electrons. The van der Waals surface area contributed by atoms with E-state index < -0.39 is 11.9 Å². The number of carbonyl (C=O) groups is 2. The van der Waals surface area contributed by atoms with Crippen LogP contribution in [0.2, 0.25) is 0 Å². The molecule has 3 amide bonds. The largest absolute Gasteiger partial charge is 0.497 e. The lowest BCUT2D eigenvalue weighted by Gasteiger charge is -2.15. The Balaban J connectivity index is 2.59. The lowest BCUT2D eigenvalue weighted by molar-refractivity contribution is -0.0564. The molecule has 0 aliphatic rings. The van der Waals surface area contributed by atoms with Crippen LogP contribution in [-0.4, -0.2) is 42.4 Å². The van der Waals surface area contributed by atoms with Crippen molar-refractivity contribution in [1.29, 1.82) is 0 Å². The Morgan fingerprint density at radius 3 is 2.83 bits per heavy atom. The molecule has 0 atom stereocenters. The molecule has 0 spiro atoms. The normalized spacial score (nSPS) is 9.67. The number of rotatable bonds is 5. The molecule has 0 aromatic heterocycles. The molecule has 0 fully saturated rings. The van der Waals surface area contributed by atoms with E-state index in [1.54, 1.807) is 18.2 Å². The first kappa shape index (κ1) is 13.8. The Hall–Kier alpha value is -2.28. The van der Waals surface area contributed by atoms with Crippen LogP contribution >= 0.6 is 0 Å². The van der Waals surface area contributed by atoms with Gasteiger partial charge in [-0.05, 0) is 18.2 Å². The fourth-order valence-corrected chi connectivity index (χ4v) is 1.29. The molecule has 0 saturated heterocycles. The summed E-state index contributed by atoms with van der Waals surface area (Å²) in [6, 6.07) is 5.68. The van der Waals surface area contributed by atoms with Crippen LogP contribution in [0.4, 0.5) is 4.79 Å². The molecule has 0 radical (unpaired) electrons. The van der Waals surface area contributed by atoms with Crippen LogP contribution in [0.5, 0.6) is 5.75 Å². The summed E-state index contributed by atoms with van der Waals surface area (Å²) >= 11 is 0. The number of urea groups is 1. The highest BCUT2D eigenvalue weighted by molar-refractivity contribution is 5.93. The lowest BCUT2D eigenvalue weighted by Crippen LogP contribution is -2.38. The van der Waals surface area contributed by atoms with Crippen LogP contribution in [0.25, 0.3) is 0 Å². The number of nitrogens with one attached hydrogen (secondary N) is 1. The Labute approximate surface area is 104 Å². The quantitative estimate of drug-likeness (QED) is 0.514. The molecule has 0 bridgehead atoms. The van der Waals surface area contributed by atoms with Gasteiger partial charge in [-0.15, -0.1) is 0 Å². The van der Waals surface area contributed by atoms with Gasteiger partial charge >= 0.3 is 6.03 Å². The van der Waals surface area contributed by atoms with Gasteiger partial charge in [0, 0.05) is 12.1 Å². The Morgan fingerprint density at radius 2 is 2.22 bits per heavy atom. The van der Waals surface area contributed by atoms with Crippen molar-refractivity contribution in [1.82, 2.24) is 10.4 Å². The molecule has 18 heavy (non-hydrogen) atoms. The van der Waals surface area contributed by atoms with Crippen molar-refractivity contribution in [2.24, 2.45) is 5.73 Å². The van der Waals surface area contributed by atoms with Gasteiger partial charge in [0.25, 0.3) is 5.91 Å². The zero-order chi connectivity index (χ0) is 13.5. The van der Waals surface area contributed by atoms with E-state index in [4.69, 9.17) is 10.5 Å². The number of nitrogens with two attached hydrogens (primary N) is 1. The average Bonchev–Trinajstić information content (AvgIpc) is 2.37. The summed E-state index contributed by atoms with van der Waals surface area (Å²) in [7, 11) is 1.48. The van der Waals surface area contributed by atoms with Crippen LogP contribution in [0.15, 0.2) is 24.3 Å². The third-order valence-electron chi connectivity index (χ3n) is 2.17. The number of nitrogens with zero attached hydrogens (tertiary/aromatic N) is 1. The van der Waals surface area contributed by atoms with E-state index in [9.17, 15) is 14.8 Å². The molecule has 1 aromatic rings. The average molecular weight is 253 g/mol. The van der Waals surface area contributed by atoms with Gasteiger partial charge in [-0.25, -0.2) is 9.86 Å². The van der Waals surface area contributed by atoms with E-state index in [-0.39, 0.29) is 18.7 Å². The summed E-state index contributed by atoms with van der Waals surface area (Å²) in [5, 5.41) is 12.3. The van der Waals surface area contributed by atoms with Gasteiger partial charge in [0.2, 0.25) is 0 Å². The second kappa shape index (κ2) is 6.45. The Morgan fingerprint density at radius 1 is 1.50 bits per heavy atom. The molecule has 7 nitrogen and oxygen atoms in total. The minimum absolute atomic E-state index is 0.0566. The fraction of sp³-hybridized carbons (Fsp3) is 0.273. The fourth-order valence-electron chi connectivity index (χ4n) is 1.29. The summed E-state index contributed by atoms with van der Waals surface area (Å²) in [5.74, 6) is -0.0651. The van der Waals surface area contributed by atoms with E-state index in [1.807, 2.05) is 0 Å². The first-order valence-corrected chi connectivity index (χ1v) is 5.22. The number of primary amides is 1. The first-order valence-electron chi connectivity index (χ1n) is 5.22. The monoisotopic (exact) mass is 253 g/mol. The Kier molecular flexibility index (Phi) is 4.94. The van der Waals surface area contributed by atoms with Gasteiger partial charge in [-0.2, -0.15) is 0 Å². The van der Waals surface area contributed by atoms with Gasteiger partial charge in [-0.3, -0.25) is 10.0 Å². The van der Waals surface area contributed by atoms with E-state index >= 15 is 0 Å². The number of amides is 3. The van der Waals surface area contributed by atoms with E-state index in [0.29, 0.717) is 10.8 Å². The molecule has 1 aromatic carbocycles. The molecule has 0 unspecified atom stereocenters. The van der Waals surface area contributed by atoms with Crippen molar-refractivity contribution < 1.29 is 19.5 Å². The number of carbonyl (C=O) groups excluding carboxylic acids is 2. The molecule has 0 saturated carbocycles. The SMILES string of the molecule is COc1cccc(C(=O)N(O)CCNC(N)=O)c1. The zero-order valence-corrected chi connectivity index (χ0v) is 9.92. The zero-order valence-electron chi connectivity index (χ0n) is 9.92. The summed E-state index contributed by atoms with van der Waals surface area (Å²) in [4.78, 5) is 22.2. The van der Waals surface area contributed by atoms with Gasteiger partial charge in [-0.1, -0.05) is 6.07 Å². The highest BCUT2D eigenvalue weighted by Gasteiger charge is 2.13. The summed E-state index contributed by atoms with van der Waals surface area (Å²) in [6.45, 7) is 0.0144. The first-order chi connectivity index (χ1) is 8.54. The maximum atomic E-state index is 11.8. The van der Waals surface area contributed by atoms with Crippen molar-refractivity contribution in [3.63, 3.8) is 0 Å². The van der Waals surface area contributed by atoms with Crippen molar-refractivity contribution in [2.75, 3.05) is 20.2 Å². The molecule has 7 heteroatoms. The van der Waals surface area contributed by atoms with Crippen LogP contribution in [-0.2, 0) is 0 Å². The predicted octanol–water partition coefficient (Wildman–Crippen LogP) is 0.195. The number of methoxy groups -OCH3 is 1. The van der Waals surface area contributed by atoms with E-state index in [0.717, 1.165) is 0 Å². The predicted molar refractivity (Wildman–Crippen MR) is 63.4 cm³/mol. The molecule has 0 aliphatic carbocycles. The summed E-state index contributed by atoms with van der Waals surface area (Å²) < 4.78 is 4.97. The number of hydrogen-bond donors (Lipinski definition) is 3. The number of benzene rings is 1. The number of ether oxygens (including phenoxy) is 1. The van der Waals surface area contributed by atoms with E-state index in [1.165, 1.54) is 13.2 Å². The topological polar surface area (TPSA) is 105 Å². The maximum absolute atomic E-state index is 11.8.